The minimum atomic E-state index is 0.125. The fourth-order valence-electron chi connectivity index (χ4n) is 12.8. The number of benzene rings is 9. The molecule has 0 amide bonds. The highest BCUT2D eigenvalue weighted by molar-refractivity contribution is 6.06. The molecule has 64 heavy (non-hydrogen) atoms. The molecule has 9 aromatic carbocycles. The molecule has 5 unspecified atom stereocenters. The first-order chi connectivity index (χ1) is 31.5. The summed E-state index contributed by atoms with van der Waals surface area (Å²) in [5.74, 6) is 3.05. The topological polar surface area (TPSA) is 3.24 Å². The minimum absolute atomic E-state index is 0.125. The van der Waals surface area contributed by atoms with Crippen LogP contribution in [0.3, 0.4) is 0 Å². The Bertz CT molecular complexity index is 3040. The van der Waals surface area contributed by atoms with Crippen LogP contribution in [0.25, 0.3) is 66.4 Å². The molecule has 2 saturated carbocycles. The Kier molecular flexibility index (Phi) is 9.48. The van der Waals surface area contributed by atoms with E-state index in [1.165, 1.54) is 92.1 Å². The maximum atomic E-state index is 2.56. The highest BCUT2D eigenvalue weighted by Gasteiger charge is 2.56. The Balaban J connectivity index is 0.910. The Labute approximate surface area is 378 Å². The summed E-state index contributed by atoms with van der Waals surface area (Å²) < 4.78 is 0. The van der Waals surface area contributed by atoms with Crippen LogP contribution in [0.5, 0.6) is 0 Å². The molecular formula is C63H53N. The summed E-state index contributed by atoms with van der Waals surface area (Å²) in [5.41, 5.74) is 19.5. The fraction of sp³-hybridized carbons (Fsp3) is 0.175. The molecule has 0 aliphatic heterocycles. The minimum Gasteiger partial charge on any atom is -0.310 e. The first-order valence-electron chi connectivity index (χ1n) is 23.5. The lowest BCUT2D eigenvalue weighted by atomic mass is 9.49. The monoisotopic (exact) mass is 823 g/mol. The third-order valence-corrected chi connectivity index (χ3v) is 15.4. The third-order valence-electron chi connectivity index (χ3n) is 15.4. The zero-order valence-electron chi connectivity index (χ0n) is 36.8. The molecule has 0 radical (unpaired) electrons. The van der Waals surface area contributed by atoms with Crippen molar-refractivity contribution in [1.29, 1.82) is 0 Å². The van der Waals surface area contributed by atoms with Crippen molar-refractivity contribution < 1.29 is 0 Å². The van der Waals surface area contributed by atoms with Crippen molar-refractivity contribution in [3.05, 3.63) is 223 Å². The van der Waals surface area contributed by atoms with Crippen LogP contribution in [0.4, 0.5) is 17.1 Å². The van der Waals surface area contributed by atoms with Gasteiger partial charge in [-0.25, -0.2) is 0 Å². The van der Waals surface area contributed by atoms with Gasteiger partial charge in [0.15, 0.2) is 0 Å². The van der Waals surface area contributed by atoms with Crippen LogP contribution in [-0.2, 0) is 5.41 Å². The number of nitrogens with zero attached hydrogens (tertiary/aromatic N) is 1. The maximum Gasteiger partial charge on any atom is 0.0540 e. The van der Waals surface area contributed by atoms with E-state index in [1.807, 2.05) is 0 Å². The SMILES string of the molecule is CC1CC2CC(C)C3(c4ccccc4-c4cc(-c5ccc(-c6ccc(N(c7ccc(-c8ccccc8)cc7)c7ccc(-c8ccccc8)cc7)c7ccccc67)cc5)ccc43)C(C1)C2. The van der Waals surface area contributed by atoms with Crippen molar-refractivity contribution in [3.63, 3.8) is 0 Å². The predicted octanol–water partition coefficient (Wildman–Crippen LogP) is 17.3. The van der Waals surface area contributed by atoms with Gasteiger partial charge in [-0.2, -0.15) is 0 Å². The normalized spacial score (nSPS) is 20.8. The van der Waals surface area contributed by atoms with E-state index in [2.05, 4.69) is 231 Å². The zero-order chi connectivity index (χ0) is 42.8. The quantitative estimate of drug-likeness (QED) is 0.155. The van der Waals surface area contributed by atoms with Crippen LogP contribution in [0, 0.1) is 23.7 Å². The predicted molar refractivity (Wildman–Crippen MR) is 270 cm³/mol. The molecule has 0 N–H and O–H groups in total. The Morgan fingerprint density at radius 3 is 1.56 bits per heavy atom. The molecule has 3 aliphatic carbocycles. The molecule has 12 rings (SSSR count). The number of rotatable bonds is 7. The molecule has 1 heteroatoms. The summed E-state index contributed by atoms with van der Waals surface area (Å²) in [6.07, 6.45) is 5.47. The van der Waals surface area contributed by atoms with Gasteiger partial charge in [0.1, 0.15) is 0 Å². The molecule has 1 nitrogen and oxygen atoms in total. The lowest BCUT2D eigenvalue weighted by Gasteiger charge is -2.54. The molecule has 5 atom stereocenters. The van der Waals surface area contributed by atoms with Crippen LogP contribution < -0.4 is 4.90 Å². The molecule has 0 saturated heterocycles. The largest absolute Gasteiger partial charge is 0.310 e. The van der Waals surface area contributed by atoms with E-state index in [-0.39, 0.29) is 5.41 Å². The average Bonchev–Trinajstić information content (AvgIpc) is 3.65. The Hall–Kier alpha value is -6.96. The van der Waals surface area contributed by atoms with E-state index < -0.39 is 0 Å². The smallest absolute Gasteiger partial charge is 0.0540 e. The average molecular weight is 824 g/mol. The molecule has 9 aromatic rings. The van der Waals surface area contributed by atoms with Crippen molar-refractivity contribution in [2.75, 3.05) is 4.90 Å². The van der Waals surface area contributed by atoms with E-state index in [0.29, 0.717) is 11.8 Å². The molecule has 0 heterocycles. The first-order valence-corrected chi connectivity index (χ1v) is 23.5. The summed E-state index contributed by atoms with van der Waals surface area (Å²) >= 11 is 0. The summed E-state index contributed by atoms with van der Waals surface area (Å²) in [4.78, 5) is 2.41. The number of hydrogen-bond acceptors (Lipinski definition) is 1. The Morgan fingerprint density at radius 2 is 0.891 bits per heavy atom. The summed E-state index contributed by atoms with van der Waals surface area (Å²) in [7, 11) is 0. The van der Waals surface area contributed by atoms with Gasteiger partial charge in [0, 0.05) is 22.2 Å². The number of fused-ring (bicyclic) bond motifs is 9. The molecular weight excluding hydrogens is 771 g/mol. The van der Waals surface area contributed by atoms with E-state index in [0.717, 1.165) is 28.9 Å². The second-order valence-corrected chi connectivity index (χ2v) is 19.1. The van der Waals surface area contributed by atoms with Gasteiger partial charge < -0.3 is 4.90 Å². The first kappa shape index (κ1) is 38.7. The molecule has 1 spiro atoms. The van der Waals surface area contributed by atoms with Crippen LogP contribution in [0.1, 0.15) is 50.7 Å². The molecule has 2 bridgehead atoms. The van der Waals surface area contributed by atoms with Gasteiger partial charge in [0.05, 0.1) is 5.69 Å². The Morgan fingerprint density at radius 1 is 0.375 bits per heavy atom. The second-order valence-electron chi connectivity index (χ2n) is 19.1. The van der Waals surface area contributed by atoms with Crippen molar-refractivity contribution in [2.45, 2.75) is 44.9 Å². The van der Waals surface area contributed by atoms with Gasteiger partial charge in [0.25, 0.3) is 0 Å². The fourth-order valence-corrected chi connectivity index (χ4v) is 12.8. The summed E-state index contributed by atoms with van der Waals surface area (Å²) in [6.45, 7) is 5.06. The van der Waals surface area contributed by atoms with Crippen molar-refractivity contribution in [2.24, 2.45) is 23.7 Å². The summed E-state index contributed by atoms with van der Waals surface area (Å²) in [6, 6.07) is 79.0. The van der Waals surface area contributed by atoms with Crippen LogP contribution in [0.15, 0.2) is 212 Å². The second kappa shape index (κ2) is 15.7. The maximum absolute atomic E-state index is 2.56. The van der Waals surface area contributed by atoms with Crippen LogP contribution in [0.2, 0.25) is 0 Å². The van der Waals surface area contributed by atoms with Crippen LogP contribution >= 0.6 is 0 Å². The van der Waals surface area contributed by atoms with Gasteiger partial charge in [0.2, 0.25) is 0 Å². The molecule has 2 fully saturated rings. The molecule has 0 aromatic heterocycles. The summed E-state index contributed by atoms with van der Waals surface area (Å²) in [5, 5.41) is 2.45. The van der Waals surface area contributed by atoms with Gasteiger partial charge >= 0.3 is 0 Å². The van der Waals surface area contributed by atoms with Gasteiger partial charge in [-0.05, 0) is 158 Å². The van der Waals surface area contributed by atoms with Gasteiger partial charge in [-0.3, -0.25) is 0 Å². The van der Waals surface area contributed by atoms with E-state index >= 15 is 0 Å². The van der Waals surface area contributed by atoms with E-state index in [1.54, 1.807) is 11.1 Å². The van der Waals surface area contributed by atoms with Crippen LogP contribution in [-0.4, -0.2) is 0 Å². The van der Waals surface area contributed by atoms with E-state index in [9.17, 15) is 0 Å². The van der Waals surface area contributed by atoms with Crippen molar-refractivity contribution in [1.82, 2.24) is 0 Å². The standard InChI is InChI=1S/C63H53N/c1-42-37-44-39-43(2)63(52(38-42)40-44)60-20-12-11-18-57(60)59-41-51(29-35-61(59)63)49-21-23-50(24-22-49)55-34-36-62(58-19-10-9-17-56(55)58)64(53-30-25-47(26-31-53)45-13-5-3-6-14-45)54-32-27-48(28-33-54)46-15-7-4-8-16-46/h3-36,41-44,52H,37-40H2,1-2H3. The number of hydrogen-bond donors (Lipinski definition) is 0. The number of anilines is 3. The van der Waals surface area contributed by atoms with Gasteiger partial charge in [-0.15, -0.1) is 0 Å². The molecule has 310 valence electrons. The van der Waals surface area contributed by atoms with Crippen molar-refractivity contribution >= 4 is 27.8 Å². The highest BCUT2D eigenvalue weighted by atomic mass is 15.1. The van der Waals surface area contributed by atoms with Gasteiger partial charge in [-0.1, -0.05) is 190 Å². The molecule has 3 aliphatic rings. The lowest BCUT2D eigenvalue weighted by molar-refractivity contribution is 0.0426. The zero-order valence-corrected chi connectivity index (χ0v) is 36.8. The van der Waals surface area contributed by atoms with E-state index in [4.69, 9.17) is 0 Å². The third kappa shape index (κ3) is 6.35. The highest BCUT2D eigenvalue weighted by Crippen LogP contribution is 2.64. The van der Waals surface area contributed by atoms with Crippen molar-refractivity contribution in [3.8, 4) is 55.6 Å². The lowest BCUT2D eigenvalue weighted by Crippen LogP contribution is -2.49.